The number of rotatable bonds is 2. The Hall–Kier alpha value is -0.970. The Labute approximate surface area is 94.8 Å². The lowest BCUT2D eigenvalue weighted by Crippen LogP contribution is -2.56. The van der Waals surface area contributed by atoms with E-state index in [0.29, 0.717) is 19.6 Å². The van der Waals surface area contributed by atoms with Crippen LogP contribution in [0.4, 0.5) is 4.39 Å². The minimum Gasteiger partial charge on any atom is -0.291 e. The zero-order valence-electron chi connectivity index (χ0n) is 10.2. The highest BCUT2D eigenvalue weighted by molar-refractivity contribution is 5.17. The first-order valence-electron chi connectivity index (χ1n) is 5.51. The molecule has 1 aliphatic heterocycles. The van der Waals surface area contributed by atoms with Crippen molar-refractivity contribution in [3.8, 4) is 0 Å². The van der Waals surface area contributed by atoms with E-state index < -0.39 is 5.67 Å². The fourth-order valence-electron chi connectivity index (χ4n) is 2.09. The summed E-state index contributed by atoms with van der Waals surface area (Å²) in [6.45, 7) is 9.35. The van der Waals surface area contributed by atoms with Gasteiger partial charge in [-0.1, -0.05) is 31.1 Å². The quantitative estimate of drug-likeness (QED) is 0.774. The van der Waals surface area contributed by atoms with E-state index in [1.54, 1.807) is 6.92 Å². The van der Waals surface area contributed by atoms with Gasteiger partial charge in [0.25, 0.3) is 0 Å². The fraction of sp³-hybridized carbons (Fsp3) is 0.818. The summed E-state index contributed by atoms with van der Waals surface area (Å²) in [5.41, 5.74) is 0.557. The summed E-state index contributed by atoms with van der Waals surface area (Å²) >= 11 is 0. The van der Waals surface area contributed by atoms with E-state index in [4.69, 9.17) is 4.63 Å². The van der Waals surface area contributed by atoms with Crippen molar-refractivity contribution in [2.75, 3.05) is 13.1 Å². The number of nitrogens with zero attached hydrogens (tertiary/aromatic N) is 3. The van der Waals surface area contributed by atoms with Gasteiger partial charge in [-0.15, -0.1) is 0 Å². The lowest BCUT2D eigenvalue weighted by atomic mass is 9.90. The van der Waals surface area contributed by atoms with Crippen molar-refractivity contribution < 1.29 is 9.02 Å². The zero-order chi connectivity index (χ0) is 12.0. The van der Waals surface area contributed by atoms with Crippen molar-refractivity contribution in [3.63, 3.8) is 0 Å². The van der Waals surface area contributed by atoms with E-state index in [1.165, 1.54) is 0 Å². The maximum Gasteiger partial charge on any atom is 0.133 e. The van der Waals surface area contributed by atoms with Crippen LogP contribution in [0.5, 0.6) is 0 Å². The minimum atomic E-state index is -1.04. The molecule has 0 amide bonds. The molecule has 16 heavy (non-hydrogen) atoms. The first kappa shape index (κ1) is 11.5. The Bertz CT molecular complexity index is 373. The summed E-state index contributed by atoms with van der Waals surface area (Å²) in [4.78, 5) is 2.01. The van der Waals surface area contributed by atoms with Gasteiger partial charge in [0.05, 0.1) is 0 Å². The largest absolute Gasteiger partial charge is 0.291 e. The monoisotopic (exact) mass is 227 g/mol. The zero-order valence-corrected chi connectivity index (χ0v) is 10.2. The van der Waals surface area contributed by atoms with Gasteiger partial charge in [0.15, 0.2) is 0 Å². The number of hydrogen-bond donors (Lipinski definition) is 0. The smallest absolute Gasteiger partial charge is 0.133 e. The predicted octanol–water partition coefficient (Wildman–Crippen LogP) is 1.91. The molecule has 0 bridgehead atoms. The van der Waals surface area contributed by atoms with E-state index >= 15 is 0 Å². The van der Waals surface area contributed by atoms with Gasteiger partial charge in [0, 0.05) is 25.0 Å². The van der Waals surface area contributed by atoms with Crippen molar-refractivity contribution in [2.24, 2.45) is 0 Å². The second-order valence-electron chi connectivity index (χ2n) is 5.87. The van der Waals surface area contributed by atoms with Gasteiger partial charge in [0.1, 0.15) is 17.1 Å². The molecule has 1 saturated heterocycles. The highest BCUT2D eigenvalue weighted by Crippen LogP contribution is 2.28. The van der Waals surface area contributed by atoms with Gasteiger partial charge in [0.2, 0.25) is 0 Å². The Kier molecular flexibility index (Phi) is 2.53. The van der Waals surface area contributed by atoms with Gasteiger partial charge in [-0.2, -0.15) is 0 Å². The molecule has 0 aromatic carbocycles. The molecule has 0 spiro atoms. The number of alkyl halides is 1. The molecule has 0 aliphatic carbocycles. The summed E-state index contributed by atoms with van der Waals surface area (Å²) < 4.78 is 18.1. The first-order chi connectivity index (χ1) is 7.28. The summed E-state index contributed by atoms with van der Waals surface area (Å²) in [5.74, 6) is 0. The van der Waals surface area contributed by atoms with E-state index in [0.717, 1.165) is 11.4 Å². The standard InChI is InChI=1S/C11H18FN3O/c1-10(2,3)9-8(13-16-14-9)5-15-6-11(4,12)7-15/h5-7H2,1-4H3. The topological polar surface area (TPSA) is 42.2 Å². The van der Waals surface area contributed by atoms with Crippen LogP contribution in [0.15, 0.2) is 4.63 Å². The van der Waals surface area contributed by atoms with Crippen LogP contribution < -0.4 is 0 Å². The number of hydrogen-bond acceptors (Lipinski definition) is 4. The second-order valence-corrected chi connectivity index (χ2v) is 5.87. The molecule has 1 fully saturated rings. The van der Waals surface area contributed by atoms with Crippen molar-refractivity contribution in [3.05, 3.63) is 11.4 Å². The molecule has 0 unspecified atom stereocenters. The average Bonchev–Trinajstić information content (AvgIpc) is 2.47. The van der Waals surface area contributed by atoms with E-state index in [9.17, 15) is 4.39 Å². The van der Waals surface area contributed by atoms with Crippen LogP contribution in [0.2, 0.25) is 0 Å². The molecular weight excluding hydrogens is 209 g/mol. The summed E-state index contributed by atoms with van der Waals surface area (Å²) in [6, 6.07) is 0. The Morgan fingerprint density at radius 3 is 2.50 bits per heavy atom. The molecule has 1 aliphatic rings. The third kappa shape index (κ3) is 2.24. The highest BCUT2D eigenvalue weighted by Gasteiger charge is 2.39. The number of likely N-dealkylation sites (tertiary alicyclic amines) is 1. The van der Waals surface area contributed by atoms with Crippen molar-refractivity contribution in [2.45, 2.75) is 45.3 Å². The average molecular weight is 227 g/mol. The third-order valence-electron chi connectivity index (χ3n) is 2.75. The van der Waals surface area contributed by atoms with Crippen LogP contribution in [0, 0.1) is 0 Å². The molecule has 2 rings (SSSR count). The van der Waals surface area contributed by atoms with Gasteiger partial charge < -0.3 is 0 Å². The molecule has 0 atom stereocenters. The van der Waals surface area contributed by atoms with Crippen molar-refractivity contribution in [1.29, 1.82) is 0 Å². The lowest BCUT2D eigenvalue weighted by Gasteiger charge is -2.41. The van der Waals surface area contributed by atoms with Crippen LogP contribution in [0.3, 0.4) is 0 Å². The van der Waals surface area contributed by atoms with E-state index in [1.807, 2.05) is 4.90 Å². The maximum atomic E-state index is 13.3. The van der Waals surface area contributed by atoms with Gasteiger partial charge in [-0.05, 0) is 6.92 Å². The van der Waals surface area contributed by atoms with Crippen LogP contribution in [-0.2, 0) is 12.0 Å². The Morgan fingerprint density at radius 2 is 2.00 bits per heavy atom. The van der Waals surface area contributed by atoms with Crippen LogP contribution in [-0.4, -0.2) is 34.0 Å². The third-order valence-corrected chi connectivity index (χ3v) is 2.75. The highest BCUT2D eigenvalue weighted by atomic mass is 19.1. The summed E-state index contributed by atoms with van der Waals surface area (Å²) in [7, 11) is 0. The van der Waals surface area contributed by atoms with Crippen molar-refractivity contribution in [1.82, 2.24) is 15.2 Å². The van der Waals surface area contributed by atoms with Crippen LogP contribution >= 0.6 is 0 Å². The minimum absolute atomic E-state index is 0.0841. The SMILES string of the molecule is CC1(F)CN(Cc2nonc2C(C)(C)C)C1. The molecule has 2 heterocycles. The molecule has 90 valence electrons. The van der Waals surface area contributed by atoms with Gasteiger partial charge in [-0.3, -0.25) is 4.90 Å². The number of aromatic nitrogens is 2. The molecule has 4 nitrogen and oxygen atoms in total. The molecule has 5 heteroatoms. The molecule has 1 aromatic rings. The molecule has 0 radical (unpaired) electrons. The Balaban J connectivity index is 2.04. The first-order valence-corrected chi connectivity index (χ1v) is 5.51. The van der Waals surface area contributed by atoms with Crippen LogP contribution in [0.25, 0.3) is 0 Å². The van der Waals surface area contributed by atoms with Crippen LogP contribution in [0.1, 0.15) is 39.1 Å². The predicted molar refractivity (Wildman–Crippen MR) is 57.8 cm³/mol. The summed E-state index contributed by atoms with van der Waals surface area (Å²) in [6.07, 6.45) is 0. The Morgan fingerprint density at radius 1 is 1.38 bits per heavy atom. The summed E-state index contributed by atoms with van der Waals surface area (Å²) in [5, 5.41) is 7.83. The van der Waals surface area contributed by atoms with Crippen molar-refractivity contribution >= 4 is 0 Å². The second kappa shape index (κ2) is 3.52. The normalized spacial score (nSPS) is 20.8. The van der Waals surface area contributed by atoms with Gasteiger partial charge in [-0.25, -0.2) is 9.02 Å². The fourth-order valence-corrected chi connectivity index (χ4v) is 2.09. The molecular formula is C11H18FN3O. The molecule has 0 saturated carbocycles. The van der Waals surface area contributed by atoms with Gasteiger partial charge >= 0.3 is 0 Å². The number of halogens is 1. The molecule has 1 aromatic heterocycles. The lowest BCUT2D eigenvalue weighted by molar-refractivity contribution is -0.0239. The van der Waals surface area contributed by atoms with E-state index in [-0.39, 0.29) is 5.41 Å². The maximum absolute atomic E-state index is 13.3. The van der Waals surface area contributed by atoms with E-state index in [2.05, 4.69) is 31.1 Å². The molecule has 0 N–H and O–H groups in total.